The Morgan fingerprint density at radius 1 is 0.900 bits per heavy atom. The zero-order valence-corrected chi connectivity index (χ0v) is 16.7. The van der Waals surface area contributed by atoms with Crippen LogP contribution in [0.25, 0.3) is 0 Å². The summed E-state index contributed by atoms with van der Waals surface area (Å²) in [5.41, 5.74) is -0.425. The number of nitro groups is 1. The van der Waals surface area contributed by atoms with Crippen molar-refractivity contribution in [3.05, 3.63) is 88.5 Å². The van der Waals surface area contributed by atoms with Gasteiger partial charge in [-0.2, -0.15) is 4.57 Å². The molecule has 0 aliphatic rings. The lowest BCUT2D eigenvalue weighted by molar-refractivity contribution is -0.385. The Labute approximate surface area is 172 Å². The van der Waals surface area contributed by atoms with Gasteiger partial charge >= 0.3 is 7.82 Å². The summed E-state index contributed by atoms with van der Waals surface area (Å²) in [6.45, 7) is -0.592. The van der Waals surface area contributed by atoms with Gasteiger partial charge in [-0.15, -0.1) is 0 Å². The van der Waals surface area contributed by atoms with Gasteiger partial charge in [0.2, 0.25) is 0 Å². The minimum atomic E-state index is -4.36. The molecule has 0 bridgehead atoms. The van der Waals surface area contributed by atoms with Crippen molar-refractivity contribution < 1.29 is 32.9 Å². The number of phosphoric ester groups is 1. The van der Waals surface area contributed by atoms with Crippen molar-refractivity contribution in [3.8, 4) is 23.0 Å². The van der Waals surface area contributed by atoms with Crippen LogP contribution in [-0.2, 0) is 11.2 Å². The Morgan fingerprint density at radius 3 is 1.87 bits per heavy atom. The normalized spacial score (nSPS) is 10.9. The Hall–Kier alpha value is -3.55. The number of nitro benzene ring substituents is 1. The molecule has 0 fully saturated rings. The summed E-state index contributed by atoms with van der Waals surface area (Å²) in [7, 11) is -3.06. The van der Waals surface area contributed by atoms with E-state index in [1.807, 2.05) is 0 Å². The fourth-order valence-electron chi connectivity index (χ4n) is 2.52. The average molecular weight is 431 g/mol. The lowest BCUT2D eigenvalue weighted by Crippen LogP contribution is -2.09. The molecular formula is C20H18NO8P. The smallest absolute Gasteiger partial charge is 0.493 e. The average Bonchev–Trinajstić information content (AvgIpc) is 2.74. The van der Waals surface area contributed by atoms with Gasteiger partial charge in [0.1, 0.15) is 11.5 Å². The maximum Gasteiger partial charge on any atom is 0.647 e. The van der Waals surface area contributed by atoms with E-state index in [-0.39, 0.29) is 28.6 Å². The Morgan fingerprint density at radius 2 is 1.43 bits per heavy atom. The summed E-state index contributed by atoms with van der Waals surface area (Å²) in [6, 6.07) is 18.6. The number of methoxy groups -OCH3 is 1. The molecular weight excluding hydrogens is 413 g/mol. The first-order valence-electron chi connectivity index (χ1n) is 8.69. The lowest BCUT2D eigenvalue weighted by Gasteiger charge is -2.20. The number of ether oxygens (including phenoxy) is 1. The number of aliphatic hydroxyl groups excluding tert-OH is 1. The number of nitrogens with zero attached hydrogens (tertiary/aromatic N) is 1. The van der Waals surface area contributed by atoms with Crippen LogP contribution in [0.15, 0.2) is 72.8 Å². The van der Waals surface area contributed by atoms with Crippen LogP contribution in [0.5, 0.6) is 23.0 Å². The first-order chi connectivity index (χ1) is 14.4. The van der Waals surface area contributed by atoms with Crippen molar-refractivity contribution in [2.75, 3.05) is 7.11 Å². The van der Waals surface area contributed by atoms with E-state index in [9.17, 15) is 19.8 Å². The molecule has 0 spiro atoms. The SMILES string of the molecule is COc1cc(CO)c([N+](=O)[O-])cc1OP(=O)(Oc1ccccc1)Oc1ccccc1. The van der Waals surface area contributed by atoms with Crippen LogP contribution in [0.1, 0.15) is 5.56 Å². The summed E-state index contributed by atoms with van der Waals surface area (Å²) in [4.78, 5) is 10.7. The summed E-state index contributed by atoms with van der Waals surface area (Å²) in [5, 5.41) is 20.7. The van der Waals surface area contributed by atoms with E-state index in [0.29, 0.717) is 0 Å². The number of benzene rings is 3. The molecule has 0 amide bonds. The van der Waals surface area contributed by atoms with E-state index >= 15 is 0 Å². The molecule has 0 aromatic heterocycles. The molecule has 3 aromatic carbocycles. The monoisotopic (exact) mass is 431 g/mol. The lowest BCUT2D eigenvalue weighted by atomic mass is 10.1. The second kappa shape index (κ2) is 9.30. The fraction of sp³-hybridized carbons (Fsp3) is 0.100. The third kappa shape index (κ3) is 5.08. The third-order valence-electron chi connectivity index (χ3n) is 3.86. The van der Waals surface area contributed by atoms with Gasteiger partial charge in [-0.3, -0.25) is 10.1 Å². The number of para-hydroxylation sites is 2. The van der Waals surface area contributed by atoms with Crippen LogP contribution in [0.3, 0.4) is 0 Å². The first kappa shape index (κ1) is 21.2. The minimum absolute atomic E-state index is 0.00647. The van der Waals surface area contributed by atoms with Crippen molar-refractivity contribution >= 4 is 13.5 Å². The Balaban J connectivity index is 2.03. The zero-order chi connectivity index (χ0) is 21.6. The van der Waals surface area contributed by atoms with E-state index in [1.165, 1.54) is 13.2 Å². The van der Waals surface area contributed by atoms with E-state index in [4.69, 9.17) is 18.3 Å². The van der Waals surface area contributed by atoms with E-state index in [1.54, 1.807) is 60.7 Å². The highest BCUT2D eigenvalue weighted by atomic mass is 31.2. The van der Waals surface area contributed by atoms with Gasteiger partial charge in [-0.1, -0.05) is 36.4 Å². The van der Waals surface area contributed by atoms with Crippen LogP contribution < -0.4 is 18.3 Å². The van der Waals surface area contributed by atoms with Gasteiger partial charge < -0.3 is 23.4 Å². The molecule has 0 unspecified atom stereocenters. The van der Waals surface area contributed by atoms with Gasteiger partial charge in [0.25, 0.3) is 5.69 Å². The molecule has 3 rings (SSSR count). The molecule has 0 saturated heterocycles. The summed E-state index contributed by atoms with van der Waals surface area (Å²) in [6.07, 6.45) is 0. The van der Waals surface area contributed by atoms with Crippen molar-refractivity contribution in [2.24, 2.45) is 0 Å². The maximum atomic E-state index is 13.5. The largest absolute Gasteiger partial charge is 0.647 e. The highest BCUT2D eigenvalue weighted by molar-refractivity contribution is 7.49. The molecule has 0 heterocycles. The number of phosphoric acid groups is 1. The third-order valence-corrected chi connectivity index (χ3v) is 5.15. The predicted octanol–water partition coefficient (Wildman–Crippen LogP) is 4.74. The number of rotatable bonds is 9. The van der Waals surface area contributed by atoms with Crippen LogP contribution in [-0.4, -0.2) is 17.1 Å². The van der Waals surface area contributed by atoms with Crippen LogP contribution >= 0.6 is 7.82 Å². The van der Waals surface area contributed by atoms with Gasteiger partial charge in [-0.05, 0) is 30.3 Å². The maximum absolute atomic E-state index is 13.5. The molecule has 0 aliphatic carbocycles. The van der Waals surface area contributed by atoms with Gasteiger partial charge in [-0.25, -0.2) is 0 Å². The number of hydrogen-bond acceptors (Lipinski definition) is 8. The fourth-order valence-corrected chi connectivity index (χ4v) is 3.77. The highest BCUT2D eigenvalue weighted by Crippen LogP contribution is 2.52. The quantitative estimate of drug-likeness (QED) is 0.293. The van der Waals surface area contributed by atoms with Gasteiger partial charge in [0, 0.05) is 0 Å². The number of hydrogen-bond donors (Lipinski definition) is 1. The van der Waals surface area contributed by atoms with Crippen LogP contribution in [0, 0.1) is 10.1 Å². The minimum Gasteiger partial charge on any atom is -0.493 e. The molecule has 0 aliphatic heterocycles. The molecule has 30 heavy (non-hydrogen) atoms. The Kier molecular flexibility index (Phi) is 6.56. The van der Waals surface area contributed by atoms with E-state index in [2.05, 4.69) is 0 Å². The molecule has 0 radical (unpaired) electrons. The molecule has 0 saturated carbocycles. The zero-order valence-electron chi connectivity index (χ0n) is 15.8. The first-order valence-corrected chi connectivity index (χ1v) is 10.2. The van der Waals surface area contributed by atoms with Crippen molar-refractivity contribution in [3.63, 3.8) is 0 Å². The van der Waals surface area contributed by atoms with Crippen molar-refractivity contribution in [2.45, 2.75) is 6.61 Å². The van der Waals surface area contributed by atoms with Gasteiger partial charge in [0.15, 0.2) is 11.5 Å². The predicted molar refractivity (Wildman–Crippen MR) is 108 cm³/mol. The second-order valence-corrected chi connectivity index (χ2v) is 7.34. The molecule has 156 valence electrons. The van der Waals surface area contributed by atoms with Crippen LogP contribution in [0.4, 0.5) is 5.69 Å². The molecule has 3 aromatic rings. The highest BCUT2D eigenvalue weighted by Gasteiger charge is 2.35. The van der Waals surface area contributed by atoms with E-state index in [0.717, 1.165) is 6.07 Å². The van der Waals surface area contributed by atoms with Crippen molar-refractivity contribution in [1.29, 1.82) is 0 Å². The van der Waals surface area contributed by atoms with Crippen molar-refractivity contribution in [1.82, 2.24) is 0 Å². The van der Waals surface area contributed by atoms with Gasteiger partial charge in [0.05, 0.1) is 30.3 Å². The summed E-state index contributed by atoms with van der Waals surface area (Å²) in [5.74, 6) is 0.184. The van der Waals surface area contributed by atoms with E-state index < -0.39 is 25.0 Å². The standard InChI is InChI=1S/C20H18NO8P/c1-26-19-12-15(14-22)18(21(23)24)13-20(19)29-30(25,27-16-8-4-2-5-9-16)28-17-10-6-3-7-11-17/h2-13,22H,14H2,1H3. The molecule has 1 N–H and O–H groups in total. The number of aliphatic hydroxyl groups is 1. The second-order valence-electron chi connectivity index (χ2n) is 5.89. The molecule has 9 nitrogen and oxygen atoms in total. The molecule has 0 atom stereocenters. The summed E-state index contributed by atoms with van der Waals surface area (Å²) >= 11 is 0. The van der Waals surface area contributed by atoms with Crippen LogP contribution in [0.2, 0.25) is 0 Å². The summed E-state index contributed by atoms with van der Waals surface area (Å²) < 4.78 is 35.2. The molecule has 10 heteroatoms. The Bertz CT molecular complexity index is 1010. The topological polar surface area (TPSA) is 117 Å².